The fourth-order valence-electron chi connectivity index (χ4n) is 2.06. The minimum atomic E-state index is 0.615. The van der Waals surface area contributed by atoms with E-state index in [2.05, 4.69) is 10.4 Å². The number of benzene rings is 1. The highest BCUT2D eigenvalue weighted by atomic mass is 16.5. The van der Waals surface area contributed by atoms with Crippen molar-refractivity contribution in [3.05, 3.63) is 29.6 Å². The van der Waals surface area contributed by atoms with Crippen LogP contribution in [0.3, 0.4) is 0 Å². The fraction of sp³-hybridized carbons (Fsp3) is 0.357. The number of hydrogen-bond acceptors (Lipinski definition) is 5. The molecule has 0 saturated heterocycles. The van der Waals surface area contributed by atoms with Gasteiger partial charge in [0.2, 0.25) is 0 Å². The summed E-state index contributed by atoms with van der Waals surface area (Å²) in [6, 6.07) is 3.58. The summed E-state index contributed by atoms with van der Waals surface area (Å²) >= 11 is 0. The molecule has 0 amide bonds. The first-order chi connectivity index (χ1) is 9.55. The maximum Gasteiger partial charge on any atom is 0.162 e. The summed E-state index contributed by atoms with van der Waals surface area (Å²) in [5.41, 5.74) is 9.56. The van der Waals surface area contributed by atoms with E-state index in [1.807, 2.05) is 26.2 Å². The topological polar surface area (TPSA) is 74.3 Å². The number of ether oxygens (including phenoxy) is 2. The SMILES string of the molecule is COc1cc(N)c(NCc2cn(C)nc2C)cc1OC. The highest BCUT2D eigenvalue weighted by Crippen LogP contribution is 2.35. The van der Waals surface area contributed by atoms with Gasteiger partial charge in [-0.25, -0.2) is 0 Å². The fourth-order valence-corrected chi connectivity index (χ4v) is 2.06. The second-order valence-corrected chi connectivity index (χ2v) is 4.56. The van der Waals surface area contributed by atoms with Gasteiger partial charge in [0, 0.05) is 37.5 Å². The van der Waals surface area contributed by atoms with E-state index in [0.717, 1.165) is 16.9 Å². The Bertz CT molecular complexity index is 607. The molecule has 0 bridgehead atoms. The molecule has 0 radical (unpaired) electrons. The molecular weight excluding hydrogens is 256 g/mol. The van der Waals surface area contributed by atoms with Crippen LogP contribution in [0.2, 0.25) is 0 Å². The van der Waals surface area contributed by atoms with Gasteiger partial charge >= 0.3 is 0 Å². The number of anilines is 2. The monoisotopic (exact) mass is 276 g/mol. The molecule has 0 spiro atoms. The lowest BCUT2D eigenvalue weighted by molar-refractivity contribution is 0.355. The molecular formula is C14H20N4O2. The van der Waals surface area contributed by atoms with Crippen LogP contribution >= 0.6 is 0 Å². The molecule has 0 unspecified atom stereocenters. The van der Waals surface area contributed by atoms with E-state index in [4.69, 9.17) is 15.2 Å². The summed E-state index contributed by atoms with van der Waals surface area (Å²) < 4.78 is 12.3. The minimum absolute atomic E-state index is 0.615. The van der Waals surface area contributed by atoms with E-state index in [0.29, 0.717) is 23.7 Å². The van der Waals surface area contributed by atoms with Crippen LogP contribution in [-0.4, -0.2) is 24.0 Å². The van der Waals surface area contributed by atoms with E-state index in [1.54, 1.807) is 25.0 Å². The van der Waals surface area contributed by atoms with Crippen molar-refractivity contribution in [3.63, 3.8) is 0 Å². The highest BCUT2D eigenvalue weighted by molar-refractivity contribution is 5.72. The Morgan fingerprint density at radius 1 is 1.25 bits per heavy atom. The molecule has 1 aromatic heterocycles. The molecule has 0 aliphatic heterocycles. The van der Waals surface area contributed by atoms with E-state index >= 15 is 0 Å². The van der Waals surface area contributed by atoms with Crippen LogP contribution in [0.4, 0.5) is 11.4 Å². The zero-order valence-electron chi connectivity index (χ0n) is 12.2. The number of aryl methyl sites for hydroxylation is 2. The Morgan fingerprint density at radius 2 is 1.90 bits per heavy atom. The largest absolute Gasteiger partial charge is 0.493 e. The van der Waals surface area contributed by atoms with Crippen molar-refractivity contribution >= 4 is 11.4 Å². The molecule has 6 nitrogen and oxygen atoms in total. The summed E-state index contributed by atoms with van der Waals surface area (Å²) in [5, 5.41) is 7.60. The predicted molar refractivity (Wildman–Crippen MR) is 79.2 cm³/mol. The molecule has 1 aromatic carbocycles. The number of rotatable bonds is 5. The number of nitrogen functional groups attached to an aromatic ring is 1. The Balaban J connectivity index is 2.19. The van der Waals surface area contributed by atoms with Gasteiger partial charge in [0.15, 0.2) is 11.5 Å². The van der Waals surface area contributed by atoms with Crippen LogP contribution in [0.25, 0.3) is 0 Å². The number of nitrogens with one attached hydrogen (secondary N) is 1. The van der Waals surface area contributed by atoms with Gasteiger partial charge in [0.1, 0.15) is 0 Å². The lowest BCUT2D eigenvalue weighted by atomic mass is 10.2. The average molecular weight is 276 g/mol. The number of nitrogens with zero attached hydrogens (tertiary/aromatic N) is 2. The molecule has 0 atom stereocenters. The highest BCUT2D eigenvalue weighted by Gasteiger charge is 2.10. The molecule has 0 fully saturated rings. The summed E-state index contributed by atoms with van der Waals surface area (Å²) in [4.78, 5) is 0. The second-order valence-electron chi connectivity index (χ2n) is 4.56. The van der Waals surface area contributed by atoms with Crippen LogP contribution in [0, 0.1) is 6.92 Å². The van der Waals surface area contributed by atoms with Crippen molar-refractivity contribution in [1.82, 2.24) is 9.78 Å². The van der Waals surface area contributed by atoms with Gasteiger partial charge in [-0.3, -0.25) is 4.68 Å². The zero-order valence-corrected chi connectivity index (χ0v) is 12.2. The van der Waals surface area contributed by atoms with Gasteiger partial charge in [0.05, 0.1) is 31.3 Å². The smallest absolute Gasteiger partial charge is 0.162 e. The lowest BCUT2D eigenvalue weighted by Crippen LogP contribution is -2.04. The van der Waals surface area contributed by atoms with Gasteiger partial charge in [0.25, 0.3) is 0 Å². The first-order valence-electron chi connectivity index (χ1n) is 6.29. The molecule has 0 aliphatic rings. The molecule has 0 saturated carbocycles. The lowest BCUT2D eigenvalue weighted by Gasteiger charge is -2.13. The first kappa shape index (κ1) is 14.0. The predicted octanol–water partition coefficient (Wildman–Crippen LogP) is 1.94. The van der Waals surface area contributed by atoms with Crippen molar-refractivity contribution in [3.8, 4) is 11.5 Å². The maximum atomic E-state index is 6.01. The minimum Gasteiger partial charge on any atom is -0.493 e. The quantitative estimate of drug-likeness (QED) is 0.816. The van der Waals surface area contributed by atoms with Crippen LogP contribution < -0.4 is 20.5 Å². The second kappa shape index (κ2) is 5.73. The Labute approximate surface area is 118 Å². The molecule has 108 valence electrons. The third kappa shape index (κ3) is 2.79. The van der Waals surface area contributed by atoms with Gasteiger partial charge in [-0.1, -0.05) is 0 Å². The van der Waals surface area contributed by atoms with Gasteiger partial charge < -0.3 is 20.5 Å². The third-order valence-electron chi connectivity index (χ3n) is 3.14. The van der Waals surface area contributed by atoms with Crippen molar-refractivity contribution in [2.24, 2.45) is 7.05 Å². The molecule has 2 rings (SSSR count). The summed E-state index contributed by atoms with van der Waals surface area (Å²) in [7, 11) is 5.09. The molecule has 1 heterocycles. The Morgan fingerprint density at radius 3 is 2.45 bits per heavy atom. The number of aromatic nitrogens is 2. The van der Waals surface area contributed by atoms with Crippen molar-refractivity contribution in [2.45, 2.75) is 13.5 Å². The summed E-state index contributed by atoms with van der Waals surface area (Å²) in [6.45, 7) is 2.63. The van der Waals surface area contributed by atoms with E-state index in [9.17, 15) is 0 Å². The Kier molecular flexibility index (Phi) is 4.02. The van der Waals surface area contributed by atoms with Crippen LogP contribution in [-0.2, 0) is 13.6 Å². The first-order valence-corrected chi connectivity index (χ1v) is 6.29. The molecule has 0 aliphatic carbocycles. The van der Waals surface area contributed by atoms with Gasteiger partial charge in [-0.2, -0.15) is 5.10 Å². The van der Waals surface area contributed by atoms with E-state index in [1.165, 1.54) is 0 Å². The van der Waals surface area contributed by atoms with Crippen molar-refractivity contribution in [2.75, 3.05) is 25.3 Å². The van der Waals surface area contributed by atoms with Crippen LogP contribution in [0.15, 0.2) is 18.3 Å². The number of nitrogens with two attached hydrogens (primary N) is 1. The number of methoxy groups -OCH3 is 2. The Hall–Kier alpha value is -2.37. The normalized spacial score (nSPS) is 10.4. The molecule has 20 heavy (non-hydrogen) atoms. The molecule has 3 N–H and O–H groups in total. The van der Waals surface area contributed by atoms with Crippen molar-refractivity contribution < 1.29 is 9.47 Å². The van der Waals surface area contributed by atoms with E-state index < -0.39 is 0 Å². The zero-order chi connectivity index (χ0) is 14.7. The van der Waals surface area contributed by atoms with Crippen molar-refractivity contribution in [1.29, 1.82) is 0 Å². The van der Waals surface area contributed by atoms with E-state index in [-0.39, 0.29) is 0 Å². The standard InChI is InChI=1S/C14H20N4O2/c1-9-10(8-18(2)17-9)7-16-12-6-14(20-4)13(19-3)5-11(12)15/h5-6,8,16H,7,15H2,1-4H3. The van der Waals surface area contributed by atoms with Gasteiger partial charge in [-0.15, -0.1) is 0 Å². The van der Waals surface area contributed by atoms with Crippen LogP contribution in [0.1, 0.15) is 11.3 Å². The molecule has 6 heteroatoms. The summed E-state index contributed by atoms with van der Waals surface area (Å²) in [5.74, 6) is 1.26. The average Bonchev–Trinajstić information content (AvgIpc) is 2.75. The molecule has 2 aromatic rings. The summed E-state index contributed by atoms with van der Waals surface area (Å²) in [6.07, 6.45) is 1.99. The number of hydrogen-bond donors (Lipinski definition) is 2. The third-order valence-corrected chi connectivity index (χ3v) is 3.14. The van der Waals surface area contributed by atoms with Gasteiger partial charge in [-0.05, 0) is 6.92 Å². The van der Waals surface area contributed by atoms with Crippen LogP contribution in [0.5, 0.6) is 11.5 Å². The maximum absolute atomic E-state index is 6.01.